The molecule has 2 aromatic carbocycles. The number of benzene rings is 2. The number of nitrogens with zero attached hydrogens (tertiary/aromatic N) is 1. The number of halogens is 2. The molecule has 0 bridgehead atoms. The first-order chi connectivity index (χ1) is 12.0. The summed E-state index contributed by atoms with van der Waals surface area (Å²) in [4.78, 5) is 16.8. The number of oxime groups is 1. The lowest BCUT2D eigenvalue weighted by atomic mass is 10.1. The molecule has 2 rings (SSSR count). The fraction of sp³-hybridized carbons (Fsp3) is 0.222. The number of para-hydroxylation sites is 1. The Kier molecular flexibility index (Phi) is 6.45. The molecule has 0 aliphatic carbocycles. The van der Waals surface area contributed by atoms with Crippen LogP contribution in [-0.4, -0.2) is 25.3 Å². The van der Waals surface area contributed by atoms with Crippen LogP contribution in [0.1, 0.15) is 16.7 Å². The molecule has 5 nitrogen and oxygen atoms in total. The Morgan fingerprint density at radius 2 is 1.80 bits per heavy atom. The van der Waals surface area contributed by atoms with Gasteiger partial charge in [-0.25, -0.2) is 0 Å². The molecule has 0 saturated heterocycles. The van der Waals surface area contributed by atoms with Crippen molar-refractivity contribution in [1.82, 2.24) is 0 Å². The van der Waals surface area contributed by atoms with Crippen molar-refractivity contribution in [2.24, 2.45) is 5.16 Å². The van der Waals surface area contributed by atoms with E-state index < -0.39 is 6.61 Å². The molecule has 0 atom stereocenters. The lowest BCUT2D eigenvalue weighted by Crippen LogP contribution is -2.18. The number of nitrogens with one attached hydrogen (secondary N) is 1. The van der Waals surface area contributed by atoms with Crippen molar-refractivity contribution in [1.29, 1.82) is 0 Å². The third kappa shape index (κ3) is 5.87. The molecule has 0 aliphatic heterocycles. The lowest BCUT2D eigenvalue weighted by Gasteiger charge is -2.10. The second-order valence-electron chi connectivity index (χ2n) is 5.27. The van der Waals surface area contributed by atoms with Crippen LogP contribution in [0.15, 0.2) is 47.6 Å². The van der Waals surface area contributed by atoms with E-state index in [4.69, 9.17) is 4.84 Å². The van der Waals surface area contributed by atoms with E-state index in [0.29, 0.717) is 5.56 Å². The second-order valence-corrected chi connectivity index (χ2v) is 5.27. The number of amides is 1. The van der Waals surface area contributed by atoms with Crippen molar-refractivity contribution < 1.29 is 23.1 Å². The van der Waals surface area contributed by atoms with Crippen LogP contribution in [0, 0.1) is 13.8 Å². The maximum atomic E-state index is 12.0. The summed E-state index contributed by atoms with van der Waals surface area (Å²) in [5.74, 6) is -0.267. The van der Waals surface area contributed by atoms with E-state index in [9.17, 15) is 13.6 Å². The van der Waals surface area contributed by atoms with E-state index >= 15 is 0 Å². The Bertz CT molecular complexity index is 726. The first-order valence-electron chi connectivity index (χ1n) is 7.52. The molecule has 1 N–H and O–H groups in total. The average Bonchev–Trinajstić information content (AvgIpc) is 2.56. The van der Waals surface area contributed by atoms with Crippen molar-refractivity contribution in [2.45, 2.75) is 20.5 Å². The van der Waals surface area contributed by atoms with Crippen LogP contribution in [0.2, 0.25) is 0 Å². The quantitative estimate of drug-likeness (QED) is 0.610. The van der Waals surface area contributed by atoms with Crippen LogP contribution in [-0.2, 0) is 9.63 Å². The molecule has 0 spiro atoms. The molecule has 0 aromatic heterocycles. The summed E-state index contributed by atoms with van der Waals surface area (Å²) in [5.41, 5.74) is 3.30. The predicted molar refractivity (Wildman–Crippen MR) is 91.2 cm³/mol. The van der Waals surface area contributed by atoms with Crippen molar-refractivity contribution in [3.63, 3.8) is 0 Å². The summed E-state index contributed by atoms with van der Waals surface area (Å²) in [6.07, 6.45) is 1.37. The number of aryl methyl sites for hydroxylation is 2. The molecular formula is C18H18F2N2O3. The monoisotopic (exact) mass is 348 g/mol. The molecular weight excluding hydrogens is 330 g/mol. The van der Waals surface area contributed by atoms with E-state index in [2.05, 4.69) is 15.2 Å². The first-order valence-corrected chi connectivity index (χ1v) is 7.52. The fourth-order valence-corrected chi connectivity index (χ4v) is 2.12. The molecule has 0 unspecified atom stereocenters. The zero-order valence-electron chi connectivity index (χ0n) is 13.8. The van der Waals surface area contributed by atoms with Crippen LogP contribution in [0.3, 0.4) is 0 Å². The third-order valence-corrected chi connectivity index (χ3v) is 3.32. The fourth-order valence-electron chi connectivity index (χ4n) is 2.12. The largest absolute Gasteiger partial charge is 0.435 e. The van der Waals surface area contributed by atoms with Gasteiger partial charge in [0.25, 0.3) is 5.91 Å². The number of hydrogen-bond acceptors (Lipinski definition) is 4. The van der Waals surface area contributed by atoms with E-state index in [1.807, 2.05) is 32.0 Å². The number of carbonyl (C=O) groups is 1. The highest BCUT2D eigenvalue weighted by atomic mass is 19.3. The van der Waals surface area contributed by atoms with Crippen molar-refractivity contribution >= 4 is 17.8 Å². The van der Waals surface area contributed by atoms with Crippen LogP contribution < -0.4 is 10.1 Å². The summed E-state index contributed by atoms with van der Waals surface area (Å²) in [6.45, 7) is 0.710. The topological polar surface area (TPSA) is 59.9 Å². The number of alkyl halides is 2. The maximum absolute atomic E-state index is 12.0. The Balaban J connectivity index is 1.81. The van der Waals surface area contributed by atoms with Crippen molar-refractivity contribution in [3.05, 3.63) is 59.2 Å². The number of hydrogen-bond donors (Lipinski definition) is 1. The van der Waals surface area contributed by atoms with Gasteiger partial charge in [-0.05, 0) is 54.8 Å². The predicted octanol–water partition coefficient (Wildman–Crippen LogP) is 3.89. The summed E-state index contributed by atoms with van der Waals surface area (Å²) in [7, 11) is 0. The highest BCUT2D eigenvalue weighted by Crippen LogP contribution is 2.19. The van der Waals surface area contributed by atoms with E-state index in [1.54, 1.807) is 12.1 Å². The second kappa shape index (κ2) is 8.77. The normalized spacial score (nSPS) is 10.9. The third-order valence-electron chi connectivity index (χ3n) is 3.32. The first kappa shape index (κ1) is 18.4. The van der Waals surface area contributed by atoms with Crippen LogP contribution >= 0.6 is 0 Å². The molecule has 0 aliphatic rings. The lowest BCUT2D eigenvalue weighted by molar-refractivity contribution is -0.120. The highest BCUT2D eigenvalue weighted by molar-refractivity contribution is 5.93. The van der Waals surface area contributed by atoms with Gasteiger partial charge < -0.3 is 14.9 Å². The van der Waals surface area contributed by atoms with Gasteiger partial charge in [-0.1, -0.05) is 23.4 Å². The minimum atomic E-state index is -2.86. The molecule has 7 heteroatoms. The number of rotatable bonds is 7. The molecule has 0 radical (unpaired) electrons. The van der Waals surface area contributed by atoms with Gasteiger partial charge in [-0.2, -0.15) is 8.78 Å². The standard InChI is InChI=1S/C18H18F2N2O3/c1-12-4-3-5-13(2)17(12)22-16(23)11-24-21-10-14-6-8-15(9-7-14)25-18(19)20/h3-10,18H,11H2,1-2H3,(H,22,23)/b21-10+. The highest BCUT2D eigenvalue weighted by Gasteiger charge is 2.07. The van der Waals surface area contributed by atoms with Crippen LogP contribution in [0.5, 0.6) is 5.75 Å². The van der Waals surface area contributed by atoms with Crippen LogP contribution in [0.4, 0.5) is 14.5 Å². The SMILES string of the molecule is Cc1cccc(C)c1NC(=O)CO/N=C/c1ccc(OC(F)F)cc1. The van der Waals surface area contributed by atoms with Gasteiger partial charge in [0.2, 0.25) is 0 Å². The Morgan fingerprint density at radius 1 is 1.16 bits per heavy atom. The minimum absolute atomic E-state index is 0.0565. The van der Waals surface area contributed by atoms with Crippen molar-refractivity contribution in [3.8, 4) is 5.75 Å². The molecule has 25 heavy (non-hydrogen) atoms. The van der Waals surface area contributed by atoms with Gasteiger partial charge in [0.1, 0.15) is 5.75 Å². The van der Waals surface area contributed by atoms with Gasteiger partial charge in [0.05, 0.1) is 6.21 Å². The number of ether oxygens (including phenoxy) is 1. The molecule has 0 fully saturated rings. The van der Waals surface area contributed by atoms with Crippen molar-refractivity contribution in [2.75, 3.05) is 11.9 Å². The molecule has 0 heterocycles. The molecule has 0 saturated carbocycles. The molecule has 132 valence electrons. The molecule has 1 amide bonds. The van der Waals surface area contributed by atoms with Gasteiger partial charge in [0.15, 0.2) is 6.61 Å². The Hall–Kier alpha value is -2.96. The zero-order valence-corrected chi connectivity index (χ0v) is 13.8. The summed E-state index contributed by atoms with van der Waals surface area (Å²) >= 11 is 0. The summed E-state index contributed by atoms with van der Waals surface area (Å²) in [6, 6.07) is 11.6. The molecule has 2 aromatic rings. The maximum Gasteiger partial charge on any atom is 0.387 e. The zero-order chi connectivity index (χ0) is 18.2. The summed E-state index contributed by atoms with van der Waals surface area (Å²) in [5, 5.41) is 6.46. The Morgan fingerprint density at radius 3 is 2.40 bits per heavy atom. The minimum Gasteiger partial charge on any atom is -0.435 e. The van der Waals surface area contributed by atoms with Gasteiger partial charge >= 0.3 is 6.61 Å². The van der Waals surface area contributed by atoms with Gasteiger partial charge in [-0.15, -0.1) is 0 Å². The Labute approximate surface area is 144 Å². The number of carbonyl (C=O) groups excluding carboxylic acids is 1. The van der Waals surface area contributed by atoms with E-state index in [0.717, 1.165) is 16.8 Å². The van der Waals surface area contributed by atoms with Gasteiger partial charge in [0, 0.05) is 5.69 Å². The van der Waals surface area contributed by atoms with Gasteiger partial charge in [-0.3, -0.25) is 4.79 Å². The number of anilines is 1. The smallest absolute Gasteiger partial charge is 0.387 e. The summed E-state index contributed by atoms with van der Waals surface area (Å²) < 4.78 is 28.3. The van der Waals surface area contributed by atoms with Crippen LogP contribution in [0.25, 0.3) is 0 Å². The van der Waals surface area contributed by atoms with E-state index in [-0.39, 0.29) is 18.3 Å². The van der Waals surface area contributed by atoms with E-state index in [1.165, 1.54) is 18.3 Å². The average molecular weight is 348 g/mol.